The van der Waals surface area contributed by atoms with Crippen LogP contribution in [0.4, 0.5) is 5.69 Å². The molecule has 0 atom stereocenters. The number of anilines is 1. The van der Waals surface area contributed by atoms with Gasteiger partial charge in [-0.05, 0) is 31.0 Å². The number of halogens is 1. The lowest BCUT2D eigenvalue weighted by molar-refractivity contribution is 0.0963. The van der Waals surface area contributed by atoms with Crippen LogP contribution < -0.4 is 10.6 Å². The molecule has 0 aromatic heterocycles. The lowest BCUT2D eigenvalue weighted by Gasteiger charge is -2.19. The summed E-state index contributed by atoms with van der Waals surface area (Å²) in [6, 6.07) is 7.17. The van der Waals surface area contributed by atoms with Gasteiger partial charge in [-0.15, -0.1) is 12.4 Å². The van der Waals surface area contributed by atoms with Crippen LogP contribution in [-0.4, -0.2) is 36.9 Å². The zero-order chi connectivity index (χ0) is 13.0. The Bertz CT molecular complexity index is 458. The maximum Gasteiger partial charge on any atom is 0.251 e. The van der Waals surface area contributed by atoms with E-state index >= 15 is 0 Å². The van der Waals surface area contributed by atoms with E-state index < -0.39 is 0 Å². The van der Waals surface area contributed by atoms with Crippen molar-refractivity contribution >= 4 is 30.0 Å². The molecule has 19 heavy (non-hydrogen) atoms. The molecule has 1 aromatic rings. The highest BCUT2D eigenvalue weighted by Crippen LogP contribution is 2.13. The largest absolute Gasteiger partial charge is 0.355 e. The van der Waals surface area contributed by atoms with Gasteiger partial charge in [-0.1, -0.05) is 6.07 Å². The van der Waals surface area contributed by atoms with Crippen LogP contribution >= 0.6 is 12.4 Å². The van der Waals surface area contributed by atoms with E-state index in [2.05, 4.69) is 10.6 Å². The van der Waals surface area contributed by atoms with Crippen molar-refractivity contribution in [1.29, 1.82) is 5.41 Å². The van der Waals surface area contributed by atoms with Crippen molar-refractivity contribution in [2.45, 2.75) is 12.8 Å². The number of hydrogen-bond acceptors (Lipinski definition) is 2. The van der Waals surface area contributed by atoms with Crippen molar-refractivity contribution in [3.05, 3.63) is 29.8 Å². The average Bonchev–Trinajstić information content (AvgIpc) is 2.92. The van der Waals surface area contributed by atoms with Gasteiger partial charge >= 0.3 is 0 Å². The molecule has 0 bridgehead atoms. The van der Waals surface area contributed by atoms with Gasteiger partial charge in [-0.3, -0.25) is 10.2 Å². The molecule has 1 saturated heterocycles. The number of benzene rings is 1. The Morgan fingerprint density at radius 2 is 2.00 bits per heavy atom. The van der Waals surface area contributed by atoms with Crippen molar-refractivity contribution in [3.63, 3.8) is 0 Å². The second-order valence-corrected chi connectivity index (χ2v) is 4.33. The predicted molar refractivity (Wildman–Crippen MR) is 79.2 cm³/mol. The number of rotatable bonds is 2. The molecule has 1 fully saturated rings. The van der Waals surface area contributed by atoms with Gasteiger partial charge in [-0.25, -0.2) is 0 Å². The van der Waals surface area contributed by atoms with Gasteiger partial charge in [0.2, 0.25) is 0 Å². The number of hydrogen-bond donors (Lipinski definition) is 3. The van der Waals surface area contributed by atoms with Gasteiger partial charge < -0.3 is 15.5 Å². The first-order valence-corrected chi connectivity index (χ1v) is 6.13. The molecule has 3 N–H and O–H groups in total. The average molecular weight is 283 g/mol. The number of nitrogens with zero attached hydrogens (tertiary/aromatic N) is 1. The van der Waals surface area contributed by atoms with Gasteiger partial charge in [-0.2, -0.15) is 0 Å². The molecule has 1 amide bonds. The Morgan fingerprint density at radius 1 is 1.32 bits per heavy atom. The van der Waals surface area contributed by atoms with Crippen LogP contribution in [0, 0.1) is 5.41 Å². The molecule has 2 rings (SSSR count). The quantitative estimate of drug-likeness (QED) is 0.573. The fraction of sp³-hybridized carbons (Fsp3) is 0.385. The zero-order valence-corrected chi connectivity index (χ0v) is 11.7. The fourth-order valence-corrected chi connectivity index (χ4v) is 2.04. The van der Waals surface area contributed by atoms with Crippen molar-refractivity contribution in [2.24, 2.45) is 0 Å². The summed E-state index contributed by atoms with van der Waals surface area (Å²) in [5.74, 6) is 0.285. The lowest BCUT2D eigenvalue weighted by Crippen LogP contribution is -2.33. The van der Waals surface area contributed by atoms with E-state index in [4.69, 9.17) is 5.41 Å². The van der Waals surface area contributed by atoms with Gasteiger partial charge in [0.25, 0.3) is 5.91 Å². The molecule has 1 heterocycles. The van der Waals surface area contributed by atoms with E-state index in [0.717, 1.165) is 31.6 Å². The highest BCUT2D eigenvalue weighted by atomic mass is 35.5. The SMILES string of the molecule is CNC(=O)c1cccc(NC(=N)N2CCCC2)c1.Cl. The van der Waals surface area contributed by atoms with E-state index in [0.29, 0.717) is 11.5 Å². The molecule has 1 aliphatic rings. The Balaban J connectivity index is 0.00000180. The summed E-state index contributed by atoms with van der Waals surface area (Å²) in [5.41, 5.74) is 1.37. The predicted octanol–water partition coefficient (Wildman–Crippen LogP) is 1.91. The molecule has 0 aliphatic carbocycles. The maximum atomic E-state index is 11.5. The molecule has 0 spiro atoms. The zero-order valence-electron chi connectivity index (χ0n) is 10.9. The van der Waals surface area contributed by atoms with Crippen molar-refractivity contribution in [1.82, 2.24) is 10.2 Å². The Labute approximate surface area is 119 Å². The summed E-state index contributed by atoms with van der Waals surface area (Å²) in [6.07, 6.45) is 2.28. The standard InChI is InChI=1S/C13H18N4O.ClH/c1-15-12(18)10-5-4-6-11(9-10)16-13(14)17-7-2-3-8-17;/h4-6,9H,2-3,7-8H2,1H3,(H2,14,16)(H,15,18);1H. The van der Waals surface area contributed by atoms with Crippen LogP contribution in [-0.2, 0) is 0 Å². The van der Waals surface area contributed by atoms with Gasteiger partial charge in [0.15, 0.2) is 5.96 Å². The number of likely N-dealkylation sites (tertiary alicyclic amines) is 1. The van der Waals surface area contributed by atoms with Crippen LogP contribution in [0.2, 0.25) is 0 Å². The van der Waals surface area contributed by atoms with Crippen LogP contribution in [0.1, 0.15) is 23.2 Å². The third-order valence-corrected chi connectivity index (χ3v) is 3.04. The monoisotopic (exact) mass is 282 g/mol. The van der Waals surface area contributed by atoms with E-state index in [-0.39, 0.29) is 18.3 Å². The van der Waals surface area contributed by atoms with Crippen LogP contribution in [0.5, 0.6) is 0 Å². The minimum Gasteiger partial charge on any atom is -0.355 e. The van der Waals surface area contributed by atoms with Crippen LogP contribution in [0.15, 0.2) is 24.3 Å². The van der Waals surface area contributed by atoms with Gasteiger partial charge in [0.1, 0.15) is 0 Å². The second kappa shape index (κ2) is 6.99. The summed E-state index contributed by atoms with van der Waals surface area (Å²) < 4.78 is 0. The highest BCUT2D eigenvalue weighted by molar-refractivity contribution is 5.97. The third-order valence-electron chi connectivity index (χ3n) is 3.04. The molecule has 1 aromatic carbocycles. The maximum absolute atomic E-state index is 11.5. The molecule has 0 unspecified atom stereocenters. The van der Waals surface area contributed by atoms with E-state index in [1.54, 1.807) is 19.2 Å². The Morgan fingerprint density at radius 3 is 2.63 bits per heavy atom. The molecule has 1 aliphatic heterocycles. The van der Waals surface area contributed by atoms with E-state index in [1.807, 2.05) is 17.0 Å². The molecular formula is C13H19ClN4O. The van der Waals surface area contributed by atoms with Crippen molar-refractivity contribution < 1.29 is 4.79 Å². The van der Waals surface area contributed by atoms with Gasteiger partial charge in [0.05, 0.1) is 0 Å². The normalized spacial score (nSPS) is 13.6. The smallest absolute Gasteiger partial charge is 0.251 e. The number of nitrogens with one attached hydrogen (secondary N) is 3. The number of guanidine groups is 1. The number of carbonyl (C=O) groups excluding carboxylic acids is 1. The summed E-state index contributed by atoms with van der Waals surface area (Å²) >= 11 is 0. The third kappa shape index (κ3) is 3.86. The van der Waals surface area contributed by atoms with Crippen LogP contribution in [0.3, 0.4) is 0 Å². The second-order valence-electron chi connectivity index (χ2n) is 4.33. The molecule has 0 radical (unpaired) electrons. The summed E-state index contributed by atoms with van der Waals surface area (Å²) in [4.78, 5) is 13.5. The van der Waals surface area contributed by atoms with Crippen LogP contribution in [0.25, 0.3) is 0 Å². The summed E-state index contributed by atoms with van der Waals surface area (Å²) in [5, 5.41) is 13.6. The summed E-state index contributed by atoms with van der Waals surface area (Å²) in [6.45, 7) is 1.86. The molecule has 6 heteroatoms. The van der Waals surface area contributed by atoms with Crippen molar-refractivity contribution in [2.75, 3.05) is 25.5 Å². The first-order valence-electron chi connectivity index (χ1n) is 6.13. The Hall–Kier alpha value is -1.75. The number of carbonyl (C=O) groups is 1. The molecule has 5 nitrogen and oxygen atoms in total. The van der Waals surface area contributed by atoms with Gasteiger partial charge in [0, 0.05) is 31.4 Å². The minimum atomic E-state index is -0.119. The van der Waals surface area contributed by atoms with E-state index in [9.17, 15) is 4.79 Å². The summed E-state index contributed by atoms with van der Waals surface area (Å²) in [7, 11) is 1.61. The Kier molecular flexibility index (Phi) is 5.63. The van der Waals surface area contributed by atoms with Crippen molar-refractivity contribution in [3.8, 4) is 0 Å². The molecule has 104 valence electrons. The minimum absolute atomic E-state index is 0. The topological polar surface area (TPSA) is 68.2 Å². The molecular weight excluding hydrogens is 264 g/mol. The highest BCUT2D eigenvalue weighted by Gasteiger charge is 2.15. The fourth-order valence-electron chi connectivity index (χ4n) is 2.04. The first-order chi connectivity index (χ1) is 8.70. The number of amides is 1. The van der Waals surface area contributed by atoms with E-state index in [1.165, 1.54) is 0 Å². The lowest BCUT2D eigenvalue weighted by atomic mass is 10.2. The first kappa shape index (κ1) is 15.3. The molecule has 0 saturated carbocycles.